The molecule has 4 aliphatic heterocycles. The summed E-state index contributed by atoms with van der Waals surface area (Å²) < 4.78 is 0.864. The highest BCUT2D eigenvalue weighted by Crippen LogP contribution is 2.49. The van der Waals surface area contributed by atoms with Crippen molar-refractivity contribution in [3.63, 3.8) is 0 Å². The lowest BCUT2D eigenvalue weighted by molar-refractivity contribution is -0.928. The van der Waals surface area contributed by atoms with Crippen molar-refractivity contribution < 1.29 is 45.7 Å². The maximum Gasteiger partial charge on any atom is 0.269 e. The van der Waals surface area contributed by atoms with Crippen LogP contribution >= 0.6 is 0 Å². The van der Waals surface area contributed by atoms with Crippen LogP contribution in [0.1, 0.15) is 82.0 Å². The van der Waals surface area contributed by atoms with Gasteiger partial charge >= 0.3 is 0 Å². The molecule has 14 heteroatoms. The lowest BCUT2D eigenvalue weighted by Crippen LogP contribution is -3.00. The zero-order valence-corrected chi connectivity index (χ0v) is 43.2. The van der Waals surface area contributed by atoms with Gasteiger partial charge < -0.3 is 31.3 Å². The smallest absolute Gasteiger partial charge is 0.269 e. The number of rotatable bonds is 13. The van der Waals surface area contributed by atoms with E-state index in [0.29, 0.717) is 30.6 Å². The minimum atomic E-state index is -0.456. The second kappa shape index (κ2) is 23.2. The number of quaternary nitrogens is 1. The number of ketones is 1. The van der Waals surface area contributed by atoms with Crippen LogP contribution in [0.25, 0.3) is 12.2 Å². The number of piperidine rings is 2. The molecule has 4 aliphatic rings. The van der Waals surface area contributed by atoms with Crippen molar-refractivity contribution >= 4 is 52.5 Å². The van der Waals surface area contributed by atoms with E-state index in [0.717, 1.165) is 87.4 Å². The van der Waals surface area contributed by atoms with Gasteiger partial charge in [0.1, 0.15) is 5.78 Å². The standard InChI is InChI=1S/C32H34N3O4.C28H27N3O3.BrH/c1-25(36)17-21-35(20-7-10-26-8-3-2-4-9-26)22-18-32(19-23-35)24-33(30-12-6-5-11-29(30)32)31(37)27-13-15-28(16-14-27)34(38)39;32-27(23-12-14-24(15-13-23)31(33)34)30-21-28(25-10-4-5-11-26(25)30)16-19-29(20-17-28)18-6-9-22-7-2-1-3-8-22;/h2-16H,17-24H2,1H3;1-15H,16-21H2;1H/q+1;;/p-1/b10-7+;9-6+;. The Bertz CT molecular complexity index is 3020. The topological polar surface area (TPSA) is 147 Å². The first-order valence-corrected chi connectivity index (χ1v) is 25.2. The third-order valence-electron chi connectivity index (χ3n) is 15.6. The normalized spacial score (nSPS) is 19.6. The molecule has 74 heavy (non-hydrogen) atoms. The van der Waals surface area contributed by atoms with Gasteiger partial charge in [-0.05, 0) is 97.6 Å². The lowest BCUT2D eigenvalue weighted by atomic mass is 9.73. The summed E-state index contributed by atoms with van der Waals surface area (Å²) in [6.07, 6.45) is 13.2. The zero-order chi connectivity index (χ0) is 51.0. The predicted molar refractivity (Wildman–Crippen MR) is 287 cm³/mol. The van der Waals surface area contributed by atoms with Crippen molar-refractivity contribution in [2.24, 2.45) is 0 Å². The highest BCUT2D eigenvalue weighted by molar-refractivity contribution is 6.08. The van der Waals surface area contributed by atoms with Crippen LogP contribution in [0.2, 0.25) is 0 Å². The number of fused-ring (bicyclic) bond motifs is 4. The Morgan fingerprint density at radius 1 is 0.568 bits per heavy atom. The molecule has 0 radical (unpaired) electrons. The molecule has 6 aromatic carbocycles. The highest BCUT2D eigenvalue weighted by atomic mass is 79.9. The van der Waals surface area contributed by atoms with Crippen LogP contribution in [0, 0.1) is 20.2 Å². The number of benzene rings is 6. The molecule has 13 nitrogen and oxygen atoms in total. The van der Waals surface area contributed by atoms with E-state index in [1.54, 1.807) is 19.1 Å². The third kappa shape index (κ3) is 11.7. The van der Waals surface area contributed by atoms with Crippen LogP contribution in [-0.4, -0.2) is 95.7 Å². The van der Waals surface area contributed by atoms with Crippen molar-refractivity contribution in [2.45, 2.75) is 49.9 Å². The number of nitrogens with zero attached hydrogens (tertiary/aromatic N) is 6. The fourth-order valence-corrected chi connectivity index (χ4v) is 11.3. The number of nitro groups is 2. The summed E-state index contributed by atoms with van der Waals surface area (Å²) in [6.45, 7) is 9.32. The second-order valence-corrected chi connectivity index (χ2v) is 20.1. The number of carbonyl (C=O) groups is 3. The summed E-state index contributed by atoms with van der Waals surface area (Å²) in [4.78, 5) is 66.2. The number of likely N-dealkylation sites (tertiary alicyclic amines) is 2. The van der Waals surface area contributed by atoms with Gasteiger partial charge in [-0.25, -0.2) is 0 Å². The van der Waals surface area contributed by atoms with Crippen LogP contribution in [0.4, 0.5) is 22.7 Å². The first kappa shape index (κ1) is 52.9. The molecule has 2 spiro atoms. The van der Waals surface area contributed by atoms with Crippen molar-refractivity contribution in [2.75, 3.05) is 68.7 Å². The molecule has 0 unspecified atom stereocenters. The highest BCUT2D eigenvalue weighted by Gasteiger charge is 2.50. The van der Waals surface area contributed by atoms with E-state index >= 15 is 0 Å². The first-order valence-electron chi connectivity index (χ1n) is 25.2. The van der Waals surface area contributed by atoms with Gasteiger partial charge in [-0.2, -0.15) is 0 Å². The second-order valence-electron chi connectivity index (χ2n) is 20.1. The summed E-state index contributed by atoms with van der Waals surface area (Å²) in [7, 11) is 0. The van der Waals surface area contributed by atoms with Gasteiger partial charge in [0, 0.05) is 90.1 Å². The number of carbonyl (C=O) groups excluding carboxylic acids is 3. The summed E-state index contributed by atoms with van der Waals surface area (Å²) >= 11 is 0. The van der Waals surface area contributed by atoms with Crippen LogP contribution in [-0.2, 0) is 15.6 Å². The van der Waals surface area contributed by atoms with Crippen LogP contribution < -0.4 is 26.8 Å². The van der Waals surface area contributed by atoms with Gasteiger partial charge in [-0.1, -0.05) is 115 Å². The monoisotopic (exact) mass is 1060 g/mol. The molecule has 0 N–H and O–H groups in total. The first-order chi connectivity index (χ1) is 35.4. The van der Waals surface area contributed by atoms with Crippen molar-refractivity contribution in [1.29, 1.82) is 0 Å². The molecular weight excluding hydrogens is 997 g/mol. The lowest BCUT2D eigenvalue weighted by Gasteiger charge is -2.47. The maximum absolute atomic E-state index is 13.6. The Labute approximate surface area is 443 Å². The molecule has 0 saturated carbocycles. The van der Waals surface area contributed by atoms with E-state index in [-0.39, 0.29) is 56.8 Å². The van der Waals surface area contributed by atoms with Gasteiger partial charge in [0.05, 0.1) is 42.4 Å². The Hall–Kier alpha value is -7.39. The largest absolute Gasteiger partial charge is 1.00 e. The van der Waals surface area contributed by atoms with Crippen molar-refractivity contribution in [3.05, 3.63) is 223 Å². The predicted octanol–water partition coefficient (Wildman–Crippen LogP) is 8.10. The summed E-state index contributed by atoms with van der Waals surface area (Å²) in [5, 5.41) is 22.0. The average Bonchev–Trinajstić information content (AvgIpc) is 3.93. The van der Waals surface area contributed by atoms with E-state index in [2.05, 4.69) is 71.7 Å². The van der Waals surface area contributed by atoms with Gasteiger partial charge in [0.2, 0.25) is 0 Å². The van der Waals surface area contributed by atoms with E-state index in [4.69, 9.17) is 0 Å². The SMILES string of the molecule is CC(=O)CC[N+]1(C/C=C/c2ccccc2)CCC2(CC1)CN(C(=O)c1ccc([N+](=O)[O-])cc1)c1ccccc12.O=C(c1ccc([N+](=O)[O-])cc1)N1CC2(CCN(C/C=C/c3ccccc3)CC2)c2ccccc21.[Br-]. The third-order valence-corrected chi connectivity index (χ3v) is 15.6. The number of amides is 2. The Morgan fingerprint density at radius 2 is 0.986 bits per heavy atom. The molecule has 2 amide bonds. The number of hydrogen-bond acceptors (Lipinski definition) is 8. The van der Waals surface area contributed by atoms with Crippen LogP contribution in [0.15, 0.2) is 170 Å². The van der Waals surface area contributed by atoms with Gasteiger partial charge in [0.25, 0.3) is 23.2 Å². The molecule has 4 heterocycles. The molecule has 0 atom stereocenters. The van der Waals surface area contributed by atoms with Crippen molar-refractivity contribution in [1.82, 2.24) is 4.90 Å². The molecule has 0 aromatic heterocycles. The Balaban J connectivity index is 0.000000196. The van der Waals surface area contributed by atoms with Crippen LogP contribution in [0.3, 0.4) is 0 Å². The number of para-hydroxylation sites is 2. The minimum absolute atomic E-state index is 0. The van der Waals surface area contributed by atoms with E-state index in [1.165, 1.54) is 58.7 Å². The number of anilines is 2. The molecule has 380 valence electrons. The average molecular weight is 1060 g/mol. The quantitative estimate of drug-likeness (QED) is 0.0641. The number of non-ortho nitro benzene ring substituents is 2. The fourth-order valence-electron chi connectivity index (χ4n) is 11.3. The Kier molecular flexibility index (Phi) is 16.6. The van der Waals surface area contributed by atoms with Gasteiger partial charge in [-0.15, -0.1) is 0 Å². The molecule has 2 fully saturated rings. The van der Waals surface area contributed by atoms with Crippen LogP contribution in [0.5, 0.6) is 0 Å². The Morgan fingerprint density at radius 3 is 1.43 bits per heavy atom. The number of halogens is 1. The summed E-state index contributed by atoms with van der Waals surface area (Å²) in [5.74, 6) is -0.0266. The molecule has 0 bridgehead atoms. The van der Waals surface area contributed by atoms with Gasteiger partial charge in [-0.3, -0.25) is 39.5 Å². The zero-order valence-electron chi connectivity index (χ0n) is 41.6. The van der Waals surface area contributed by atoms with Gasteiger partial charge in [0.15, 0.2) is 0 Å². The molecule has 6 aromatic rings. The fraction of sp³-hybridized carbons (Fsp3) is 0.283. The molecule has 0 aliphatic carbocycles. The molecule has 2 saturated heterocycles. The summed E-state index contributed by atoms with van der Waals surface area (Å²) in [5.41, 5.74) is 7.39. The van der Waals surface area contributed by atoms with E-state index < -0.39 is 9.85 Å². The number of nitro benzene ring substituents is 2. The van der Waals surface area contributed by atoms with Crippen molar-refractivity contribution in [3.8, 4) is 0 Å². The minimum Gasteiger partial charge on any atom is -1.00 e. The summed E-state index contributed by atoms with van der Waals surface area (Å²) in [6, 6.07) is 48.7. The van der Waals surface area contributed by atoms with E-state index in [9.17, 15) is 34.6 Å². The molecule has 10 rings (SSSR count). The number of hydrogen-bond donors (Lipinski definition) is 0. The maximum atomic E-state index is 13.6. The number of Topliss-reactive ketones (excluding diaryl/α,β-unsaturated/α-hetero) is 1. The molecular formula is C60H61BrN6O7. The van der Waals surface area contributed by atoms with E-state index in [1.807, 2.05) is 76.5 Å².